The molecule has 0 spiro atoms. The minimum absolute atomic E-state index is 0.0299. The standard InChI is InChI=1S/C19H27F3N4/c1-13(19(20,21)22)25-8-10-26(11-9-25)17-15-12-14(18(2,3)4)6-7-16(15)24(5)23-17/h6-7,12-13H,8-11H2,1-5H3. The Bertz CT molecular complexity index is 780. The molecule has 144 valence electrons. The molecule has 7 heteroatoms. The number of hydrogen-bond acceptors (Lipinski definition) is 3. The van der Waals surface area contributed by atoms with E-state index in [4.69, 9.17) is 0 Å². The number of fused-ring (bicyclic) bond motifs is 1. The Hall–Kier alpha value is -1.76. The summed E-state index contributed by atoms with van der Waals surface area (Å²) in [6.07, 6.45) is -4.18. The summed E-state index contributed by atoms with van der Waals surface area (Å²) < 4.78 is 40.7. The van der Waals surface area contributed by atoms with Crippen LogP contribution in [0.1, 0.15) is 33.3 Å². The smallest absolute Gasteiger partial charge is 0.352 e. The molecule has 0 aliphatic carbocycles. The molecule has 1 unspecified atom stereocenters. The fourth-order valence-electron chi connectivity index (χ4n) is 3.48. The second-order valence-electron chi connectivity index (χ2n) is 8.17. The van der Waals surface area contributed by atoms with E-state index in [1.165, 1.54) is 17.4 Å². The van der Waals surface area contributed by atoms with Crippen LogP contribution in [0.5, 0.6) is 0 Å². The van der Waals surface area contributed by atoms with Gasteiger partial charge >= 0.3 is 6.18 Å². The summed E-state index contributed by atoms with van der Waals surface area (Å²) in [5, 5.41) is 5.72. The Morgan fingerprint density at radius 2 is 1.65 bits per heavy atom. The monoisotopic (exact) mass is 368 g/mol. The van der Waals surface area contributed by atoms with Crippen LogP contribution in [0.25, 0.3) is 10.9 Å². The lowest BCUT2D eigenvalue weighted by molar-refractivity contribution is -0.179. The number of nitrogens with zero attached hydrogens (tertiary/aromatic N) is 4. The van der Waals surface area contributed by atoms with E-state index >= 15 is 0 Å². The van der Waals surface area contributed by atoms with Gasteiger partial charge in [-0.1, -0.05) is 26.8 Å². The zero-order chi connectivity index (χ0) is 19.3. The third kappa shape index (κ3) is 3.54. The molecule has 0 bridgehead atoms. The molecule has 2 aromatic rings. The van der Waals surface area contributed by atoms with Gasteiger partial charge in [0.15, 0.2) is 5.82 Å². The minimum Gasteiger partial charge on any atom is -0.352 e. The maximum Gasteiger partial charge on any atom is 0.403 e. The van der Waals surface area contributed by atoms with Crippen molar-refractivity contribution >= 4 is 16.7 Å². The van der Waals surface area contributed by atoms with Crippen LogP contribution in [0.2, 0.25) is 0 Å². The second-order valence-corrected chi connectivity index (χ2v) is 8.17. The van der Waals surface area contributed by atoms with Crippen molar-refractivity contribution in [1.29, 1.82) is 0 Å². The number of piperazine rings is 1. The molecule has 1 aromatic carbocycles. The normalized spacial score (nSPS) is 18.5. The molecule has 0 saturated carbocycles. The number of rotatable bonds is 2. The lowest BCUT2D eigenvalue weighted by atomic mass is 9.86. The van der Waals surface area contributed by atoms with Crippen LogP contribution in [0.4, 0.5) is 19.0 Å². The van der Waals surface area contributed by atoms with Crippen molar-refractivity contribution in [2.45, 2.75) is 45.3 Å². The predicted molar refractivity (Wildman–Crippen MR) is 98.7 cm³/mol. The van der Waals surface area contributed by atoms with Gasteiger partial charge in [0.25, 0.3) is 0 Å². The van der Waals surface area contributed by atoms with Crippen molar-refractivity contribution in [3.8, 4) is 0 Å². The van der Waals surface area contributed by atoms with Crippen LogP contribution in [-0.2, 0) is 12.5 Å². The van der Waals surface area contributed by atoms with Crippen molar-refractivity contribution in [3.63, 3.8) is 0 Å². The van der Waals surface area contributed by atoms with Gasteiger partial charge in [-0.25, -0.2) is 0 Å². The Morgan fingerprint density at radius 3 is 2.19 bits per heavy atom. The van der Waals surface area contributed by atoms with Gasteiger partial charge in [-0.3, -0.25) is 9.58 Å². The summed E-state index contributed by atoms with van der Waals surface area (Å²) in [6, 6.07) is 4.96. The van der Waals surface area contributed by atoms with Gasteiger partial charge in [0, 0.05) is 38.6 Å². The minimum atomic E-state index is -4.18. The van der Waals surface area contributed by atoms with Gasteiger partial charge in [-0.2, -0.15) is 18.3 Å². The van der Waals surface area contributed by atoms with Crippen LogP contribution in [0, 0.1) is 0 Å². The first-order valence-corrected chi connectivity index (χ1v) is 9.01. The number of halogens is 3. The molecule has 0 amide bonds. The molecule has 2 heterocycles. The Morgan fingerprint density at radius 1 is 1.04 bits per heavy atom. The van der Waals surface area contributed by atoms with Gasteiger partial charge in [-0.15, -0.1) is 0 Å². The first-order chi connectivity index (χ1) is 12.0. The highest BCUT2D eigenvalue weighted by Gasteiger charge is 2.41. The van der Waals surface area contributed by atoms with Gasteiger partial charge in [0.2, 0.25) is 0 Å². The van der Waals surface area contributed by atoms with Crippen molar-refractivity contribution in [1.82, 2.24) is 14.7 Å². The highest BCUT2D eigenvalue weighted by atomic mass is 19.4. The van der Waals surface area contributed by atoms with E-state index in [0.717, 1.165) is 16.7 Å². The summed E-state index contributed by atoms with van der Waals surface area (Å²) in [5.74, 6) is 0.868. The quantitative estimate of drug-likeness (QED) is 0.802. The molecule has 26 heavy (non-hydrogen) atoms. The molecule has 1 aliphatic rings. The molecule has 0 N–H and O–H groups in total. The number of aromatic nitrogens is 2. The number of aryl methyl sites for hydroxylation is 1. The predicted octanol–water partition coefficient (Wildman–Crippen LogP) is 3.94. The molecule has 4 nitrogen and oxygen atoms in total. The number of anilines is 1. The van der Waals surface area contributed by atoms with E-state index in [-0.39, 0.29) is 5.41 Å². The fraction of sp³-hybridized carbons (Fsp3) is 0.632. The molecule has 1 atom stereocenters. The largest absolute Gasteiger partial charge is 0.403 e. The van der Waals surface area contributed by atoms with E-state index in [1.807, 2.05) is 11.7 Å². The van der Waals surface area contributed by atoms with Crippen LogP contribution in [0.15, 0.2) is 18.2 Å². The van der Waals surface area contributed by atoms with E-state index < -0.39 is 12.2 Å². The van der Waals surface area contributed by atoms with Crippen molar-refractivity contribution in [3.05, 3.63) is 23.8 Å². The number of alkyl halides is 3. The second kappa shape index (κ2) is 6.44. The Kier molecular flexibility index (Phi) is 4.71. The summed E-state index contributed by atoms with van der Waals surface area (Å²) in [5.41, 5.74) is 2.30. The van der Waals surface area contributed by atoms with Crippen LogP contribution in [-0.4, -0.2) is 53.1 Å². The third-order valence-electron chi connectivity index (χ3n) is 5.33. The zero-order valence-corrected chi connectivity index (χ0v) is 16.1. The lowest BCUT2D eigenvalue weighted by Gasteiger charge is -2.38. The SMILES string of the molecule is CC(N1CCN(c2nn(C)c3ccc(C(C)(C)C)cc23)CC1)C(F)(F)F. The summed E-state index contributed by atoms with van der Waals surface area (Å²) in [4.78, 5) is 3.61. The molecule has 0 radical (unpaired) electrons. The maximum atomic E-state index is 13.0. The molecule has 1 fully saturated rings. The van der Waals surface area contributed by atoms with E-state index in [0.29, 0.717) is 26.2 Å². The van der Waals surface area contributed by atoms with Crippen molar-refractivity contribution < 1.29 is 13.2 Å². The van der Waals surface area contributed by atoms with Gasteiger partial charge < -0.3 is 4.90 Å². The Labute approximate surface area is 152 Å². The van der Waals surface area contributed by atoms with Gasteiger partial charge in [0.05, 0.1) is 5.52 Å². The molecule has 3 rings (SSSR count). The topological polar surface area (TPSA) is 24.3 Å². The highest BCUT2D eigenvalue weighted by Crippen LogP contribution is 2.32. The molecule has 1 aromatic heterocycles. The van der Waals surface area contributed by atoms with Crippen LogP contribution < -0.4 is 4.90 Å². The fourth-order valence-corrected chi connectivity index (χ4v) is 3.48. The molecule has 1 aliphatic heterocycles. The highest BCUT2D eigenvalue weighted by molar-refractivity contribution is 5.91. The van der Waals surface area contributed by atoms with E-state index in [1.54, 1.807) is 0 Å². The summed E-state index contributed by atoms with van der Waals surface area (Å²) in [6.45, 7) is 9.61. The molecule has 1 saturated heterocycles. The Balaban J connectivity index is 1.85. The molecular formula is C19H27F3N4. The molecular weight excluding hydrogens is 341 g/mol. The van der Waals surface area contributed by atoms with Crippen LogP contribution in [0.3, 0.4) is 0 Å². The van der Waals surface area contributed by atoms with Crippen molar-refractivity contribution in [2.24, 2.45) is 7.05 Å². The maximum absolute atomic E-state index is 13.0. The summed E-state index contributed by atoms with van der Waals surface area (Å²) >= 11 is 0. The third-order valence-corrected chi connectivity index (χ3v) is 5.33. The van der Waals surface area contributed by atoms with Gasteiger partial charge in [0.1, 0.15) is 6.04 Å². The average molecular weight is 368 g/mol. The summed E-state index contributed by atoms with van der Waals surface area (Å²) in [7, 11) is 1.91. The van der Waals surface area contributed by atoms with Crippen molar-refractivity contribution in [2.75, 3.05) is 31.1 Å². The van der Waals surface area contributed by atoms with Crippen LogP contribution >= 0.6 is 0 Å². The lowest BCUT2D eigenvalue weighted by Crippen LogP contribution is -2.53. The average Bonchev–Trinajstić information content (AvgIpc) is 2.89. The number of benzene rings is 1. The van der Waals surface area contributed by atoms with E-state index in [9.17, 15) is 13.2 Å². The van der Waals surface area contributed by atoms with E-state index in [2.05, 4.69) is 49.0 Å². The first kappa shape index (κ1) is 19.0. The number of hydrogen-bond donors (Lipinski definition) is 0. The zero-order valence-electron chi connectivity index (χ0n) is 16.1. The van der Waals surface area contributed by atoms with Gasteiger partial charge in [-0.05, 0) is 30.0 Å². The first-order valence-electron chi connectivity index (χ1n) is 9.01.